The molecule has 2 N–H and O–H groups in total. The Hall–Kier alpha value is -2.83. The second-order valence-corrected chi connectivity index (χ2v) is 8.70. The van der Waals surface area contributed by atoms with Gasteiger partial charge in [0.05, 0.1) is 16.0 Å². The van der Waals surface area contributed by atoms with Crippen LogP contribution in [-0.2, 0) is 4.79 Å². The average Bonchev–Trinajstić information content (AvgIpc) is 3.39. The van der Waals surface area contributed by atoms with Gasteiger partial charge in [0.2, 0.25) is 11.0 Å². The predicted octanol–water partition coefficient (Wildman–Crippen LogP) is 3.43. The van der Waals surface area contributed by atoms with E-state index in [-0.39, 0.29) is 17.6 Å². The lowest BCUT2D eigenvalue weighted by atomic mass is 10.3. The van der Waals surface area contributed by atoms with Crippen molar-refractivity contribution in [2.45, 2.75) is 11.3 Å². The van der Waals surface area contributed by atoms with Gasteiger partial charge in [-0.3, -0.25) is 14.9 Å². The molecule has 12 heteroatoms. The van der Waals surface area contributed by atoms with E-state index in [2.05, 4.69) is 31.0 Å². The number of carbonyl (C=O) groups is 2. The number of thioether (sulfide) groups is 1. The van der Waals surface area contributed by atoms with Gasteiger partial charge in [0, 0.05) is 6.07 Å². The first-order valence-electron chi connectivity index (χ1n) is 7.93. The average molecular weight is 433 g/mol. The Kier molecular flexibility index (Phi) is 5.32. The van der Waals surface area contributed by atoms with Crippen LogP contribution in [0.15, 0.2) is 39.2 Å². The number of carbonyl (C=O) groups excluding carboxylic acids is 2. The third-order valence-corrected chi connectivity index (χ3v) is 6.34. The third-order valence-electron chi connectivity index (χ3n) is 3.34. The number of amides is 2. The summed E-state index contributed by atoms with van der Waals surface area (Å²) in [6.07, 6.45) is 0. The van der Waals surface area contributed by atoms with E-state index in [4.69, 9.17) is 4.52 Å². The standard InChI is InChI=1S/C16H12N6O3S3/c1-8-6-11(22-25-8)18-12(23)7-26-16-21-20-15(28-16)19-13(24)14-17-9-4-2-3-5-10(9)27-14/h2-6H,7H2,1H3,(H,18,22,23)(H,19,20,24). The van der Waals surface area contributed by atoms with Crippen LogP contribution in [0, 0.1) is 6.92 Å². The number of benzene rings is 1. The van der Waals surface area contributed by atoms with Gasteiger partial charge in [-0.15, -0.1) is 21.5 Å². The van der Waals surface area contributed by atoms with Crippen molar-refractivity contribution in [2.75, 3.05) is 16.4 Å². The molecule has 1 aromatic carbocycles. The highest BCUT2D eigenvalue weighted by molar-refractivity contribution is 8.01. The molecule has 2 amide bonds. The molecule has 0 saturated carbocycles. The molecule has 0 aliphatic rings. The van der Waals surface area contributed by atoms with Crippen LogP contribution in [0.25, 0.3) is 10.2 Å². The van der Waals surface area contributed by atoms with Crippen LogP contribution < -0.4 is 10.6 Å². The van der Waals surface area contributed by atoms with Crippen molar-refractivity contribution >= 4 is 67.4 Å². The fourth-order valence-electron chi connectivity index (χ4n) is 2.17. The number of hydrogen-bond donors (Lipinski definition) is 2. The van der Waals surface area contributed by atoms with Crippen LogP contribution in [0.4, 0.5) is 10.9 Å². The molecule has 142 valence electrons. The number of hydrogen-bond acceptors (Lipinski definition) is 10. The number of fused-ring (bicyclic) bond motifs is 1. The Labute approximate surface area is 170 Å². The fraction of sp³-hybridized carbons (Fsp3) is 0.125. The number of rotatable bonds is 6. The second-order valence-electron chi connectivity index (χ2n) is 5.47. The number of nitrogens with zero attached hydrogens (tertiary/aromatic N) is 4. The number of anilines is 2. The van der Waals surface area contributed by atoms with Crippen molar-refractivity contribution in [1.29, 1.82) is 0 Å². The van der Waals surface area contributed by atoms with E-state index in [1.54, 1.807) is 13.0 Å². The van der Waals surface area contributed by atoms with Crippen molar-refractivity contribution in [3.05, 3.63) is 41.1 Å². The molecule has 0 aliphatic heterocycles. The second kappa shape index (κ2) is 8.04. The van der Waals surface area contributed by atoms with Crippen LogP contribution in [-0.4, -0.2) is 37.9 Å². The highest BCUT2D eigenvalue weighted by Crippen LogP contribution is 2.27. The number of aryl methyl sites for hydroxylation is 1. The van der Waals surface area contributed by atoms with Crippen molar-refractivity contribution in [2.24, 2.45) is 0 Å². The molecule has 9 nitrogen and oxygen atoms in total. The summed E-state index contributed by atoms with van der Waals surface area (Å²) in [5.41, 5.74) is 0.777. The van der Waals surface area contributed by atoms with E-state index >= 15 is 0 Å². The van der Waals surface area contributed by atoms with Gasteiger partial charge in [-0.05, 0) is 19.1 Å². The highest BCUT2D eigenvalue weighted by Gasteiger charge is 2.15. The van der Waals surface area contributed by atoms with Crippen molar-refractivity contribution < 1.29 is 14.1 Å². The first kappa shape index (κ1) is 18.5. The van der Waals surface area contributed by atoms with Crippen LogP contribution >= 0.6 is 34.4 Å². The molecule has 3 aromatic heterocycles. The molecule has 0 radical (unpaired) electrons. The minimum atomic E-state index is -0.340. The minimum Gasteiger partial charge on any atom is -0.360 e. The monoisotopic (exact) mass is 432 g/mol. The van der Waals surface area contributed by atoms with Crippen molar-refractivity contribution in [3.63, 3.8) is 0 Å². The molecule has 4 aromatic rings. The topological polar surface area (TPSA) is 123 Å². The van der Waals surface area contributed by atoms with Crippen LogP contribution in [0.1, 0.15) is 15.6 Å². The summed E-state index contributed by atoms with van der Waals surface area (Å²) in [7, 11) is 0. The molecule has 0 atom stereocenters. The maximum absolute atomic E-state index is 12.4. The fourth-order valence-corrected chi connectivity index (χ4v) is 4.58. The van der Waals surface area contributed by atoms with E-state index in [1.165, 1.54) is 34.4 Å². The van der Waals surface area contributed by atoms with Crippen molar-refractivity contribution in [1.82, 2.24) is 20.3 Å². The van der Waals surface area contributed by atoms with Crippen LogP contribution in [0.5, 0.6) is 0 Å². The van der Waals surface area contributed by atoms with Gasteiger partial charge in [0.25, 0.3) is 5.91 Å². The zero-order valence-electron chi connectivity index (χ0n) is 14.3. The number of aromatic nitrogens is 4. The Morgan fingerprint density at radius 2 is 2.04 bits per heavy atom. The Morgan fingerprint density at radius 3 is 2.82 bits per heavy atom. The molecule has 3 heterocycles. The van der Waals surface area contributed by atoms with Gasteiger partial charge in [0.1, 0.15) is 5.76 Å². The van der Waals surface area contributed by atoms with Gasteiger partial charge in [-0.25, -0.2) is 4.98 Å². The maximum Gasteiger partial charge on any atom is 0.286 e. The summed E-state index contributed by atoms with van der Waals surface area (Å²) in [6, 6.07) is 9.17. The van der Waals surface area contributed by atoms with Gasteiger partial charge < -0.3 is 9.84 Å². The maximum atomic E-state index is 12.4. The molecular formula is C16H12N6O3S3. The molecule has 0 unspecified atom stereocenters. The van der Waals surface area contributed by atoms with E-state index in [0.717, 1.165) is 10.2 Å². The Balaban J connectivity index is 1.32. The number of thiazole rings is 1. The van der Waals surface area contributed by atoms with E-state index in [0.29, 0.717) is 26.1 Å². The lowest BCUT2D eigenvalue weighted by Crippen LogP contribution is -2.14. The van der Waals surface area contributed by atoms with E-state index in [1.807, 2.05) is 24.3 Å². The van der Waals surface area contributed by atoms with Crippen LogP contribution in [0.2, 0.25) is 0 Å². The molecule has 0 spiro atoms. The molecule has 0 aliphatic carbocycles. The van der Waals surface area contributed by atoms with Crippen molar-refractivity contribution in [3.8, 4) is 0 Å². The molecule has 28 heavy (non-hydrogen) atoms. The van der Waals surface area contributed by atoms with E-state index in [9.17, 15) is 9.59 Å². The summed E-state index contributed by atoms with van der Waals surface area (Å²) in [5.74, 6) is 0.526. The smallest absolute Gasteiger partial charge is 0.286 e. The molecule has 4 rings (SSSR count). The molecular weight excluding hydrogens is 420 g/mol. The quantitative estimate of drug-likeness (QED) is 0.351. The van der Waals surface area contributed by atoms with Gasteiger partial charge in [-0.1, -0.05) is 40.4 Å². The number of nitrogens with one attached hydrogen (secondary N) is 2. The third kappa shape index (κ3) is 4.35. The lowest BCUT2D eigenvalue weighted by molar-refractivity contribution is -0.113. The summed E-state index contributed by atoms with van der Waals surface area (Å²) < 4.78 is 6.39. The molecule has 0 saturated heterocycles. The van der Waals surface area contributed by atoms with Gasteiger partial charge in [-0.2, -0.15) is 0 Å². The minimum absolute atomic E-state index is 0.131. The normalized spacial score (nSPS) is 10.9. The number of para-hydroxylation sites is 1. The Morgan fingerprint density at radius 1 is 1.18 bits per heavy atom. The summed E-state index contributed by atoms with van der Waals surface area (Å²) in [4.78, 5) is 28.6. The highest BCUT2D eigenvalue weighted by atomic mass is 32.2. The summed E-state index contributed by atoms with van der Waals surface area (Å²) in [6.45, 7) is 1.74. The molecule has 0 bridgehead atoms. The summed E-state index contributed by atoms with van der Waals surface area (Å²) >= 11 is 3.71. The van der Waals surface area contributed by atoms with E-state index < -0.39 is 0 Å². The molecule has 0 fully saturated rings. The summed E-state index contributed by atoms with van der Waals surface area (Å²) in [5, 5.41) is 17.6. The predicted molar refractivity (Wildman–Crippen MR) is 108 cm³/mol. The SMILES string of the molecule is Cc1cc(NC(=O)CSc2nnc(NC(=O)c3nc4ccccc4s3)s2)no1. The largest absolute Gasteiger partial charge is 0.360 e. The van der Waals surface area contributed by atoms with Gasteiger partial charge >= 0.3 is 0 Å². The zero-order valence-corrected chi connectivity index (χ0v) is 16.8. The van der Waals surface area contributed by atoms with Crippen LogP contribution in [0.3, 0.4) is 0 Å². The Bertz CT molecular complexity index is 1120. The first-order valence-corrected chi connectivity index (χ1v) is 10.5. The van der Waals surface area contributed by atoms with Gasteiger partial charge in [0.15, 0.2) is 15.2 Å². The lowest BCUT2D eigenvalue weighted by Gasteiger charge is -1.98. The zero-order chi connectivity index (χ0) is 19.5. The first-order chi connectivity index (χ1) is 13.6.